The van der Waals surface area contributed by atoms with Gasteiger partial charge in [0.2, 0.25) is 5.91 Å². The fourth-order valence-corrected chi connectivity index (χ4v) is 4.44. The highest BCUT2D eigenvalue weighted by molar-refractivity contribution is 6.47. The summed E-state index contributed by atoms with van der Waals surface area (Å²) in [4.78, 5) is 25.6. The third-order valence-corrected chi connectivity index (χ3v) is 6.58. The van der Waals surface area contributed by atoms with Crippen LogP contribution in [0, 0.1) is 17.8 Å². The molecule has 0 aromatic heterocycles. The van der Waals surface area contributed by atoms with Crippen LogP contribution < -0.4 is 10.6 Å². The van der Waals surface area contributed by atoms with Crippen LogP contribution in [0.2, 0.25) is 0 Å². The molecule has 0 bridgehead atoms. The van der Waals surface area contributed by atoms with Gasteiger partial charge in [-0.3, -0.25) is 9.59 Å². The summed E-state index contributed by atoms with van der Waals surface area (Å²) in [6.07, 6.45) is 3.19. The smallest absolute Gasteiger partial charge is 0.426 e. The van der Waals surface area contributed by atoms with E-state index in [0.29, 0.717) is 24.0 Å². The normalized spacial score (nSPS) is 26.1. The number of carbonyl (C=O) groups is 2. The fraction of sp³-hybridized carbons (Fsp3) is 0.500. The lowest BCUT2D eigenvalue weighted by atomic mass is 9.72. The Hall–Kier alpha value is -2.49. The molecule has 0 aliphatic heterocycles. The molecule has 33 heavy (non-hydrogen) atoms. The van der Waals surface area contributed by atoms with Gasteiger partial charge < -0.3 is 25.8 Å². The van der Waals surface area contributed by atoms with Crippen LogP contribution in [0.3, 0.4) is 0 Å². The van der Waals surface area contributed by atoms with Crippen molar-refractivity contribution in [2.75, 3.05) is 0 Å². The van der Waals surface area contributed by atoms with Gasteiger partial charge in [0.15, 0.2) is 0 Å². The van der Waals surface area contributed by atoms with E-state index in [1.807, 2.05) is 26.8 Å². The van der Waals surface area contributed by atoms with E-state index >= 15 is 0 Å². The van der Waals surface area contributed by atoms with Crippen molar-refractivity contribution < 1.29 is 29.1 Å². The molecule has 1 aromatic carbocycles. The Bertz CT molecular complexity index is 960. The van der Waals surface area contributed by atoms with E-state index in [2.05, 4.69) is 10.6 Å². The minimum atomic E-state index is -1.75. The number of benzene rings is 1. The van der Waals surface area contributed by atoms with Crippen molar-refractivity contribution in [3.8, 4) is 0 Å². The Morgan fingerprint density at radius 1 is 1.18 bits per heavy atom. The van der Waals surface area contributed by atoms with Gasteiger partial charge >= 0.3 is 7.12 Å². The molecule has 0 heterocycles. The Kier molecular flexibility index (Phi) is 7.46. The molecule has 0 saturated heterocycles. The minimum Gasteiger partial charge on any atom is -0.426 e. The molecule has 2 aliphatic carbocycles. The van der Waals surface area contributed by atoms with Gasteiger partial charge in [-0.25, -0.2) is 4.39 Å². The van der Waals surface area contributed by atoms with E-state index in [-0.39, 0.29) is 29.1 Å². The molecule has 0 radical (unpaired) electrons. The number of amides is 2. The zero-order chi connectivity index (χ0) is 24.5. The van der Waals surface area contributed by atoms with Gasteiger partial charge in [-0.15, -0.1) is 0 Å². The lowest BCUT2D eigenvalue weighted by Gasteiger charge is -2.26. The maximum Gasteiger partial charge on any atom is 0.479 e. The minimum absolute atomic E-state index is 0.118. The first-order chi connectivity index (χ1) is 15.5. The molecule has 5 atom stereocenters. The number of allylic oxidation sites excluding steroid dienone is 4. The van der Waals surface area contributed by atoms with Crippen molar-refractivity contribution in [1.29, 1.82) is 0 Å². The lowest BCUT2D eigenvalue weighted by molar-refractivity contribution is -0.126. The highest BCUT2D eigenvalue weighted by atomic mass is 19.1. The van der Waals surface area contributed by atoms with Gasteiger partial charge in [0.25, 0.3) is 5.91 Å². The maximum absolute atomic E-state index is 14.3. The highest BCUT2D eigenvalue weighted by Gasteiger charge is 2.64. The van der Waals surface area contributed by atoms with E-state index in [9.17, 15) is 29.1 Å². The van der Waals surface area contributed by atoms with Crippen molar-refractivity contribution in [2.45, 2.75) is 58.1 Å². The lowest BCUT2D eigenvalue weighted by Crippen LogP contribution is -2.59. The SMILES string of the molecule is CC1C=CC(c2ccc(C(=O)N[C@H](C(=O)NC3(B(O)O)CC3C(C)C)[C@@H](C)O)cc2)=C(F)C1. The predicted octanol–water partition coefficient (Wildman–Crippen LogP) is 1.99. The zero-order valence-electron chi connectivity index (χ0n) is 19.4. The first kappa shape index (κ1) is 25.1. The van der Waals surface area contributed by atoms with Crippen LogP contribution in [-0.4, -0.2) is 51.7 Å². The summed E-state index contributed by atoms with van der Waals surface area (Å²) in [5, 5.41) is 34.9. The van der Waals surface area contributed by atoms with E-state index in [4.69, 9.17) is 0 Å². The second-order valence-electron chi connectivity index (χ2n) is 9.59. The Morgan fingerprint density at radius 2 is 1.82 bits per heavy atom. The summed E-state index contributed by atoms with van der Waals surface area (Å²) in [5.74, 6) is -1.34. The first-order valence-electron chi connectivity index (χ1n) is 11.3. The maximum atomic E-state index is 14.3. The first-order valence-corrected chi connectivity index (χ1v) is 11.3. The number of carbonyl (C=O) groups excluding carboxylic acids is 2. The molecule has 7 nitrogen and oxygen atoms in total. The number of halogens is 1. The second-order valence-corrected chi connectivity index (χ2v) is 9.59. The molecule has 178 valence electrons. The van der Waals surface area contributed by atoms with Gasteiger partial charge in [-0.05, 0) is 48.8 Å². The van der Waals surface area contributed by atoms with Crippen LogP contribution >= 0.6 is 0 Å². The molecule has 9 heteroatoms. The second kappa shape index (κ2) is 9.79. The number of nitrogens with one attached hydrogen (secondary N) is 2. The van der Waals surface area contributed by atoms with Crippen molar-refractivity contribution >= 4 is 24.5 Å². The Morgan fingerprint density at radius 3 is 2.30 bits per heavy atom. The van der Waals surface area contributed by atoms with E-state index in [1.54, 1.807) is 18.2 Å². The molecular formula is C24H32BFN2O5. The standard InChI is InChI=1S/C24H32BFN2O5/c1-13(2)19-12-24(19,25(32)33)28-23(31)21(15(4)29)27-22(30)17-8-6-16(7-9-17)18-10-5-14(3)11-20(18)26/h5-10,13-15,19,21,29,32-33H,11-12H2,1-4H3,(H,27,30)(H,28,31)/t14?,15-,19?,21+,24?/m1/s1. The van der Waals surface area contributed by atoms with Gasteiger partial charge in [0.1, 0.15) is 11.9 Å². The monoisotopic (exact) mass is 458 g/mol. The number of aliphatic hydroxyl groups is 1. The predicted molar refractivity (Wildman–Crippen MR) is 124 cm³/mol. The van der Waals surface area contributed by atoms with Crippen LogP contribution in [0.5, 0.6) is 0 Å². The zero-order valence-corrected chi connectivity index (χ0v) is 19.4. The third kappa shape index (κ3) is 5.37. The van der Waals surface area contributed by atoms with Crippen molar-refractivity contribution in [3.05, 3.63) is 53.4 Å². The van der Waals surface area contributed by atoms with Crippen molar-refractivity contribution in [2.24, 2.45) is 17.8 Å². The van der Waals surface area contributed by atoms with Crippen LogP contribution in [-0.2, 0) is 4.79 Å². The molecule has 1 fully saturated rings. The highest BCUT2D eigenvalue weighted by Crippen LogP contribution is 2.49. The molecule has 1 saturated carbocycles. The average Bonchev–Trinajstić information content (AvgIpc) is 3.47. The fourth-order valence-electron chi connectivity index (χ4n) is 4.44. The number of hydrogen-bond acceptors (Lipinski definition) is 5. The molecule has 0 spiro atoms. The quantitative estimate of drug-likeness (QED) is 0.382. The molecule has 3 rings (SSSR count). The molecule has 3 unspecified atom stereocenters. The topological polar surface area (TPSA) is 119 Å². The number of hydrogen-bond donors (Lipinski definition) is 5. The number of aliphatic hydroxyl groups excluding tert-OH is 1. The Balaban J connectivity index is 1.70. The van der Waals surface area contributed by atoms with Gasteiger partial charge in [0, 0.05) is 17.6 Å². The molecular weight excluding hydrogens is 426 g/mol. The molecule has 1 aromatic rings. The average molecular weight is 458 g/mol. The Labute approximate surface area is 193 Å². The van der Waals surface area contributed by atoms with Crippen LogP contribution in [0.1, 0.15) is 56.5 Å². The summed E-state index contributed by atoms with van der Waals surface area (Å²) in [7, 11) is -1.75. The molecule has 2 amide bonds. The van der Waals surface area contributed by atoms with Crippen LogP contribution in [0.15, 0.2) is 42.2 Å². The number of rotatable bonds is 8. The summed E-state index contributed by atoms with van der Waals surface area (Å²) in [5.41, 5.74) is 0.186. The van der Waals surface area contributed by atoms with Gasteiger partial charge in [-0.2, -0.15) is 0 Å². The van der Waals surface area contributed by atoms with Gasteiger partial charge in [-0.1, -0.05) is 45.1 Å². The third-order valence-electron chi connectivity index (χ3n) is 6.58. The van der Waals surface area contributed by atoms with Crippen LogP contribution in [0.4, 0.5) is 4.39 Å². The van der Waals surface area contributed by atoms with Crippen LogP contribution in [0.25, 0.3) is 5.57 Å². The van der Waals surface area contributed by atoms with Gasteiger partial charge in [0.05, 0.1) is 11.5 Å². The largest absolute Gasteiger partial charge is 0.479 e. The summed E-state index contributed by atoms with van der Waals surface area (Å²) >= 11 is 0. The molecule has 5 N–H and O–H groups in total. The summed E-state index contributed by atoms with van der Waals surface area (Å²) < 4.78 is 14.3. The molecule has 2 aliphatic rings. The summed E-state index contributed by atoms with van der Waals surface area (Å²) in [6.45, 7) is 7.15. The van der Waals surface area contributed by atoms with E-state index in [0.717, 1.165) is 0 Å². The van der Waals surface area contributed by atoms with E-state index < -0.39 is 36.5 Å². The summed E-state index contributed by atoms with van der Waals surface area (Å²) in [6, 6.07) is 5.04. The van der Waals surface area contributed by atoms with Crippen molar-refractivity contribution in [3.63, 3.8) is 0 Å². The van der Waals surface area contributed by atoms with Crippen molar-refractivity contribution in [1.82, 2.24) is 10.6 Å². The van der Waals surface area contributed by atoms with E-state index in [1.165, 1.54) is 19.1 Å².